The number of benzene rings is 1. The number of thioether (sulfide) groups is 1. The van der Waals surface area contributed by atoms with E-state index in [1.165, 1.54) is 36.0 Å². The summed E-state index contributed by atoms with van der Waals surface area (Å²) in [7, 11) is 0. The van der Waals surface area contributed by atoms with Crippen LogP contribution in [0.4, 0.5) is 5.82 Å². The second kappa shape index (κ2) is 6.87. The van der Waals surface area contributed by atoms with Gasteiger partial charge < -0.3 is 5.32 Å². The summed E-state index contributed by atoms with van der Waals surface area (Å²) >= 11 is 1.70. The Bertz CT molecular complexity index is 775. The quantitative estimate of drug-likeness (QED) is 0.843. The van der Waals surface area contributed by atoms with E-state index in [0.29, 0.717) is 11.8 Å². The van der Waals surface area contributed by atoms with Crippen molar-refractivity contribution in [3.63, 3.8) is 0 Å². The van der Waals surface area contributed by atoms with E-state index < -0.39 is 0 Å². The Labute approximate surface area is 153 Å². The van der Waals surface area contributed by atoms with Gasteiger partial charge in [0.2, 0.25) is 5.91 Å². The number of aromatic nitrogens is 2. The summed E-state index contributed by atoms with van der Waals surface area (Å²) in [6.45, 7) is 4.18. The van der Waals surface area contributed by atoms with Crippen molar-refractivity contribution in [2.75, 3.05) is 11.1 Å². The number of fused-ring (bicyclic) bond motifs is 1. The van der Waals surface area contributed by atoms with Crippen LogP contribution in [-0.4, -0.2) is 21.4 Å². The third kappa shape index (κ3) is 3.22. The SMILES string of the molecule is Cc1ccc([C@@H]2SCC(=O)Nc3c2c(C)nn3C2CCCCC2)cc1. The largest absolute Gasteiger partial charge is 0.310 e. The Kier molecular flexibility index (Phi) is 4.59. The fourth-order valence-corrected chi connectivity index (χ4v) is 5.19. The summed E-state index contributed by atoms with van der Waals surface area (Å²) in [4.78, 5) is 12.3. The molecule has 1 aliphatic heterocycles. The highest BCUT2D eigenvalue weighted by molar-refractivity contribution is 8.00. The average molecular weight is 356 g/mol. The van der Waals surface area contributed by atoms with Gasteiger partial charge in [0.1, 0.15) is 5.82 Å². The molecule has 2 aliphatic rings. The molecule has 0 spiro atoms. The number of amides is 1. The van der Waals surface area contributed by atoms with Crippen molar-refractivity contribution in [1.29, 1.82) is 0 Å². The molecule has 0 saturated heterocycles. The first kappa shape index (κ1) is 16.7. The highest BCUT2D eigenvalue weighted by atomic mass is 32.2. The van der Waals surface area contributed by atoms with Crippen LogP contribution >= 0.6 is 11.8 Å². The molecule has 2 aromatic rings. The molecule has 132 valence electrons. The van der Waals surface area contributed by atoms with Crippen LogP contribution in [0.3, 0.4) is 0 Å². The number of carbonyl (C=O) groups is 1. The molecule has 1 N–H and O–H groups in total. The molecule has 2 heterocycles. The van der Waals surface area contributed by atoms with Crippen LogP contribution in [0.5, 0.6) is 0 Å². The zero-order chi connectivity index (χ0) is 17.4. The Balaban J connectivity index is 1.79. The lowest BCUT2D eigenvalue weighted by atomic mass is 9.95. The van der Waals surface area contributed by atoms with Crippen LogP contribution in [0.25, 0.3) is 0 Å². The third-order valence-electron chi connectivity index (χ3n) is 5.33. The van der Waals surface area contributed by atoms with Crippen molar-refractivity contribution in [3.8, 4) is 0 Å². The number of hydrogen-bond donors (Lipinski definition) is 1. The lowest BCUT2D eigenvalue weighted by Crippen LogP contribution is -2.20. The summed E-state index contributed by atoms with van der Waals surface area (Å²) < 4.78 is 2.12. The van der Waals surface area contributed by atoms with Crippen molar-refractivity contribution < 1.29 is 4.79 Å². The molecular formula is C20H25N3OS. The molecule has 4 nitrogen and oxygen atoms in total. The predicted octanol–water partition coefficient (Wildman–Crippen LogP) is 4.78. The number of aryl methyl sites for hydroxylation is 2. The fourth-order valence-electron chi connectivity index (χ4n) is 4.00. The summed E-state index contributed by atoms with van der Waals surface area (Å²) in [6.07, 6.45) is 6.13. The Morgan fingerprint density at radius 2 is 1.84 bits per heavy atom. The van der Waals surface area contributed by atoms with E-state index in [1.807, 2.05) is 0 Å². The standard InChI is InChI=1S/C20H25N3OS/c1-13-8-10-15(11-9-13)19-18-14(2)22-23(16-6-4-3-5-7-16)20(18)21-17(24)12-25-19/h8-11,16,19H,3-7,12H2,1-2H3,(H,21,24)/t19-/m0/s1. The van der Waals surface area contributed by atoms with Crippen LogP contribution < -0.4 is 5.32 Å². The molecule has 1 aromatic carbocycles. The van der Waals surface area contributed by atoms with Crippen LogP contribution in [0.15, 0.2) is 24.3 Å². The molecule has 4 rings (SSSR count). The Hall–Kier alpha value is -1.75. The fraction of sp³-hybridized carbons (Fsp3) is 0.500. The van der Waals surface area contributed by atoms with E-state index in [2.05, 4.69) is 48.1 Å². The van der Waals surface area contributed by atoms with Gasteiger partial charge in [-0.3, -0.25) is 4.79 Å². The minimum atomic E-state index is 0.0813. The van der Waals surface area contributed by atoms with E-state index in [-0.39, 0.29) is 11.2 Å². The van der Waals surface area contributed by atoms with Crippen LogP contribution in [0.2, 0.25) is 0 Å². The van der Waals surface area contributed by atoms with Gasteiger partial charge in [-0.15, -0.1) is 11.8 Å². The number of hydrogen-bond acceptors (Lipinski definition) is 3. The monoisotopic (exact) mass is 355 g/mol. The normalized spacial score (nSPS) is 21.5. The van der Waals surface area contributed by atoms with Crippen LogP contribution in [-0.2, 0) is 4.79 Å². The maximum Gasteiger partial charge on any atom is 0.235 e. The number of nitrogens with zero attached hydrogens (tertiary/aromatic N) is 2. The first-order valence-electron chi connectivity index (χ1n) is 9.20. The highest BCUT2D eigenvalue weighted by Crippen LogP contribution is 2.45. The van der Waals surface area contributed by atoms with E-state index in [9.17, 15) is 4.79 Å². The zero-order valence-electron chi connectivity index (χ0n) is 14.9. The molecule has 1 fully saturated rings. The van der Waals surface area contributed by atoms with Gasteiger partial charge in [0, 0.05) is 5.56 Å². The van der Waals surface area contributed by atoms with Gasteiger partial charge in [0.25, 0.3) is 0 Å². The maximum atomic E-state index is 12.3. The maximum absolute atomic E-state index is 12.3. The van der Waals surface area contributed by atoms with Gasteiger partial charge in [-0.05, 0) is 32.3 Å². The predicted molar refractivity (Wildman–Crippen MR) is 103 cm³/mol. The second-order valence-electron chi connectivity index (χ2n) is 7.23. The smallest absolute Gasteiger partial charge is 0.235 e. The topological polar surface area (TPSA) is 46.9 Å². The molecule has 0 bridgehead atoms. The lowest BCUT2D eigenvalue weighted by molar-refractivity contribution is -0.113. The molecule has 1 amide bonds. The van der Waals surface area contributed by atoms with E-state index >= 15 is 0 Å². The summed E-state index contributed by atoms with van der Waals surface area (Å²) in [5, 5.41) is 8.19. The zero-order valence-corrected chi connectivity index (χ0v) is 15.7. The first-order valence-corrected chi connectivity index (χ1v) is 10.3. The minimum absolute atomic E-state index is 0.0813. The van der Waals surface area contributed by atoms with Crippen LogP contribution in [0.1, 0.15) is 65.8 Å². The Morgan fingerprint density at radius 1 is 1.12 bits per heavy atom. The summed E-state index contributed by atoms with van der Waals surface area (Å²) in [5.74, 6) is 1.50. The average Bonchev–Trinajstić information content (AvgIpc) is 2.83. The van der Waals surface area contributed by atoms with Crippen molar-refractivity contribution >= 4 is 23.5 Å². The first-order chi connectivity index (χ1) is 12.1. The van der Waals surface area contributed by atoms with E-state index in [1.54, 1.807) is 11.8 Å². The second-order valence-corrected chi connectivity index (χ2v) is 8.33. The summed E-state index contributed by atoms with van der Waals surface area (Å²) in [6, 6.07) is 9.08. The van der Waals surface area contributed by atoms with Gasteiger partial charge in [0.15, 0.2) is 0 Å². The third-order valence-corrected chi connectivity index (χ3v) is 6.60. The molecule has 0 radical (unpaired) electrons. The number of rotatable bonds is 2. The number of nitrogens with one attached hydrogen (secondary N) is 1. The lowest BCUT2D eigenvalue weighted by Gasteiger charge is -2.24. The molecule has 1 atom stereocenters. The van der Waals surface area contributed by atoms with Gasteiger partial charge in [-0.2, -0.15) is 5.10 Å². The van der Waals surface area contributed by atoms with Gasteiger partial charge >= 0.3 is 0 Å². The van der Waals surface area contributed by atoms with E-state index in [0.717, 1.165) is 24.4 Å². The van der Waals surface area contributed by atoms with Crippen molar-refractivity contribution in [3.05, 3.63) is 46.6 Å². The van der Waals surface area contributed by atoms with Gasteiger partial charge in [-0.1, -0.05) is 49.1 Å². The molecule has 25 heavy (non-hydrogen) atoms. The summed E-state index contributed by atoms with van der Waals surface area (Å²) in [5.41, 5.74) is 4.73. The number of carbonyl (C=O) groups excluding carboxylic acids is 1. The minimum Gasteiger partial charge on any atom is -0.310 e. The van der Waals surface area contributed by atoms with Crippen molar-refractivity contribution in [2.24, 2.45) is 0 Å². The van der Waals surface area contributed by atoms with Crippen molar-refractivity contribution in [2.45, 2.75) is 57.2 Å². The highest BCUT2D eigenvalue weighted by Gasteiger charge is 2.32. The van der Waals surface area contributed by atoms with Crippen molar-refractivity contribution in [1.82, 2.24) is 9.78 Å². The number of anilines is 1. The molecule has 1 aromatic heterocycles. The molecular weight excluding hydrogens is 330 g/mol. The molecule has 1 saturated carbocycles. The molecule has 0 unspecified atom stereocenters. The van der Waals surface area contributed by atoms with Gasteiger partial charge in [-0.25, -0.2) is 4.68 Å². The molecule has 1 aliphatic carbocycles. The van der Waals surface area contributed by atoms with Gasteiger partial charge in [0.05, 0.1) is 22.7 Å². The van der Waals surface area contributed by atoms with Crippen LogP contribution in [0, 0.1) is 13.8 Å². The molecule has 5 heteroatoms. The Morgan fingerprint density at radius 3 is 2.56 bits per heavy atom. The van der Waals surface area contributed by atoms with E-state index in [4.69, 9.17) is 5.10 Å².